The molecule has 0 spiro atoms. The molecule has 2 aliphatic rings. The highest BCUT2D eigenvalue weighted by molar-refractivity contribution is 5.98. The van der Waals surface area contributed by atoms with Crippen LogP contribution in [0.1, 0.15) is 39.2 Å². The van der Waals surface area contributed by atoms with Crippen LogP contribution >= 0.6 is 0 Å². The number of amides is 2. The zero-order chi connectivity index (χ0) is 18.0. The third-order valence-electron chi connectivity index (χ3n) is 4.55. The number of hydrogen-bond donors (Lipinski definition) is 1. The molecule has 1 saturated heterocycles. The van der Waals surface area contributed by atoms with Crippen molar-refractivity contribution in [1.82, 2.24) is 4.90 Å². The van der Waals surface area contributed by atoms with Gasteiger partial charge in [-0.3, -0.25) is 9.59 Å². The zero-order valence-electron chi connectivity index (χ0n) is 15.1. The molecule has 1 aromatic rings. The van der Waals surface area contributed by atoms with Gasteiger partial charge in [0, 0.05) is 31.3 Å². The van der Waals surface area contributed by atoms with Crippen LogP contribution in [0, 0.1) is 11.8 Å². The summed E-state index contributed by atoms with van der Waals surface area (Å²) in [7, 11) is 0. The number of aryl methyl sites for hydroxylation is 1. The van der Waals surface area contributed by atoms with E-state index in [9.17, 15) is 9.59 Å². The maximum absolute atomic E-state index is 12.7. The maximum atomic E-state index is 12.7. The van der Waals surface area contributed by atoms with Gasteiger partial charge in [0.05, 0.1) is 5.92 Å². The van der Waals surface area contributed by atoms with Gasteiger partial charge in [-0.05, 0) is 24.0 Å². The Morgan fingerprint density at radius 2 is 2.04 bits per heavy atom. The van der Waals surface area contributed by atoms with Crippen molar-refractivity contribution in [2.45, 2.75) is 40.0 Å². The second-order valence-electron chi connectivity index (χ2n) is 7.20. The summed E-state index contributed by atoms with van der Waals surface area (Å²) in [5.41, 5.74) is 1.79. The minimum absolute atomic E-state index is 0.0633. The van der Waals surface area contributed by atoms with Crippen LogP contribution in [0.25, 0.3) is 0 Å². The van der Waals surface area contributed by atoms with Crippen molar-refractivity contribution in [3.63, 3.8) is 0 Å². The molecule has 2 heterocycles. The summed E-state index contributed by atoms with van der Waals surface area (Å²) in [5, 5.41) is 3.01. The smallest absolute Gasteiger partial charge is 0.231 e. The number of nitrogens with one attached hydrogen (secondary N) is 1. The van der Waals surface area contributed by atoms with Gasteiger partial charge in [-0.15, -0.1) is 0 Å². The summed E-state index contributed by atoms with van der Waals surface area (Å²) in [6, 6.07) is 3.76. The molecular weight excluding hydrogens is 320 g/mol. The fraction of sp³-hybridized carbons (Fsp3) is 0.579. The number of likely N-dealkylation sites (tertiary alicyclic amines) is 1. The van der Waals surface area contributed by atoms with Crippen LogP contribution in [0.5, 0.6) is 11.5 Å². The van der Waals surface area contributed by atoms with Crippen LogP contribution in [0.4, 0.5) is 5.69 Å². The molecule has 1 N–H and O–H groups in total. The van der Waals surface area contributed by atoms with Gasteiger partial charge in [-0.2, -0.15) is 0 Å². The van der Waals surface area contributed by atoms with E-state index < -0.39 is 0 Å². The summed E-state index contributed by atoms with van der Waals surface area (Å²) in [6.45, 7) is 7.65. The van der Waals surface area contributed by atoms with E-state index in [1.54, 1.807) is 4.90 Å². The van der Waals surface area contributed by atoms with Gasteiger partial charge in [-0.25, -0.2) is 0 Å². The molecule has 0 saturated carbocycles. The molecule has 0 aliphatic carbocycles. The average molecular weight is 346 g/mol. The lowest BCUT2D eigenvalue weighted by Gasteiger charge is -2.19. The minimum atomic E-state index is -0.300. The van der Waals surface area contributed by atoms with Gasteiger partial charge in [-0.1, -0.05) is 27.2 Å². The summed E-state index contributed by atoms with van der Waals surface area (Å²) in [6.07, 6.45) is 2.09. The maximum Gasteiger partial charge on any atom is 0.231 e. The summed E-state index contributed by atoms with van der Waals surface area (Å²) < 4.78 is 10.8. The lowest BCUT2D eigenvalue weighted by atomic mass is 10.0. The molecule has 2 aliphatic heterocycles. The monoisotopic (exact) mass is 346 g/mol. The normalized spacial score (nSPS) is 19.0. The Bertz CT molecular complexity index is 672. The molecule has 1 aromatic carbocycles. The molecule has 0 bridgehead atoms. The number of hydrogen-bond acceptors (Lipinski definition) is 4. The lowest BCUT2D eigenvalue weighted by molar-refractivity contribution is -0.128. The Labute approximate surface area is 148 Å². The number of nitrogens with zero attached hydrogens (tertiary/aromatic N) is 1. The van der Waals surface area contributed by atoms with Crippen molar-refractivity contribution in [3.8, 4) is 11.5 Å². The highest BCUT2D eigenvalue weighted by Crippen LogP contribution is 2.38. The van der Waals surface area contributed by atoms with Gasteiger partial charge < -0.3 is 19.7 Å². The Balaban J connectivity index is 1.72. The van der Waals surface area contributed by atoms with Crippen LogP contribution in [0.15, 0.2) is 12.1 Å². The number of carbonyl (C=O) groups excluding carboxylic acids is 2. The number of benzene rings is 1. The molecule has 2 amide bonds. The van der Waals surface area contributed by atoms with Crippen molar-refractivity contribution in [2.24, 2.45) is 11.8 Å². The van der Waals surface area contributed by atoms with Crippen molar-refractivity contribution < 1.29 is 19.1 Å². The number of carbonyl (C=O) groups is 2. The van der Waals surface area contributed by atoms with Crippen molar-refractivity contribution in [2.75, 3.05) is 25.2 Å². The molecule has 0 radical (unpaired) electrons. The van der Waals surface area contributed by atoms with Crippen LogP contribution < -0.4 is 14.8 Å². The molecule has 1 fully saturated rings. The topological polar surface area (TPSA) is 67.9 Å². The third kappa shape index (κ3) is 3.89. The molecule has 6 nitrogen and oxygen atoms in total. The predicted molar refractivity (Wildman–Crippen MR) is 94.7 cm³/mol. The Morgan fingerprint density at radius 1 is 1.32 bits per heavy atom. The lowest BCUT2D eigenvalue weighted by Crippen LogP contribution is -2.31. The predicted octanol–water partition coefficient (Wildman–Crippen LogP) is 2.81. The first-order valence-corrected chi connectivity index (χ1v) is 8.99. The van der Waals surface area contributed by atoms with Crippen LogP contribution in [0.3, 0.4) is 0 Å². The van der Waals surface area contributed by atoms with Gasteiger partial charge in [0.1, 0.15) is 0 Å². The van der Waals surface area contributed by atoms with E-state index in [0.717, 1.165) is 29.8 Å². The number of rotatable bonds is 6. The van der Waals surface area contributed by atoms with Gasteiger partial charge in [0.25, 0.3) is 0 Å². The van der Waals surface area contributed by atoms with Gasteiger partial charge in [0.15, 0.2) is 11.5 Å². The van der Waals surface area contributed by atoms with E-state index in [-0.39, 0.29) is 30.9 Å². The molecular formula is C19H26N2O4. The Morgan fingerprint density at radius 3 is 2.72 bits per heavy atom. The second kappa shape index (κ2) is 7.33. The molecule has 6 heteroatoms. The first-order chi connectivity index (χ1) is 12.0. The highest BCUT2D eigenvalue weighted by Gasteiger charge is 2.34. The fourth-order valence-corrected chi connectivity index (χ4v) is 3.38. The Hall–Kier alpha value is -2.24. The third-order valence-corrected chi connectivity index (χ3v) is 4.55. The average Bonchev–Trinajstić information content (AvgIpc) is 3.14. The van der Waals surface area contributed by atoms with Gasteiger partial charge in [0.2, 0.25) is 18.6 Å². The Kier molecular flexibility index (Phi) is 5.16. The van der Waals surface area contributed by atoms with Crippen molar-refractivity contribution in [3.05, 3.63) is 17.7 Å². The van der Waals surface area contributed by atoms with Crippen LogP contribution in [-0.2, 0) is 16.0 Å². The first-order valence-electron chi connectivity index (χ1n) is 8.99. The molecule has 1 atom stereocenters. The summed E-state index contributed by atoms with van der Waals surface area (Å²) in [5.74, 6) is 1.44. The van der Waals surface area contributed by atoms with E-state index in [0.29, 0.717) is 24.8 Å². The molecule has 136 valence electrons. The SMILES string of the molecule is CCCc1cc2c(cc1NC(=O)[C@H]1CC(=O)N(CC(C)C)C1)OCO2. The summed E-state index contributed by atoms with van der Waals surface area (Å²) in [4.78, 5) is 26.6. The van der Waals surface area contributed by atoms with Gasteiger partial charge >= 0.3 is 0 Å². The number of ether oxygens (including phenoxy) is 2. The quantitative estimate of drug-likeness (QED) is 0.860. The molecule has 25 heavy (non-hydrogen) atoms. The molecule has 0 aromatic heterocycles. The minimum Gasteiger partial charge on any atom is -0.454 e. The van der Waals surface area contributed by atoms with E-state index in [2.05, 4.69) is 26.1 Å². The highest BCUT2D eigenvalue weighted by atomic mass is 16.7. The largest absolute Gasteiger partial charge is 0.454 e. The molecule has 0 unspecified atom stereocenters. The van der Waals surface area contributed by atoms with Crippen LogP contribution in [-0.4, -0.2) is 36.6 Å². The van der Waals surface area contributed by atoms with Crippen LogP contribution in [0.2, 0.25) is 0 Å². The molecule has 3 rings (SSSR count). The number of fused-ring (bicyclic) bond motifs is 1. The second-order valence-corrected chi connectivity index (χ2v) is 7.20. The van der Waals surface area contributed by atoms with E-state index in [4.69, 9.17) is 9.47 Å². The fourth-order valence-electron chi connectivity index (χ4n) is 3.38. The van der Waals surface area contributed by atoms with E-state index in [1.807, 2.05) is 12.1 Å². The van der Waals surface area contributed by atoms with E-state index >= 15 is 0 Å². The first kappa shape index (κ1) is 17.6. The van der Waals surface area contributed by atoms with Crippen molar-refractivity contribution >= 4 is 17.5 Å². The number of anilines is 1. The van der Waals surface area contributed by atoms with E-state index in [1.165, 1.54) is 0 Å². The zero-order valence-corrected chi connectivity index (χ0v) is 15.1. The standard InChI is InChI=1S/C19H26N2O4/c1-4-5-13-6-16-17(25-11-24-16)8-15(13)20-19(23)14-7-18(22)21(10-14)9-12(2)3/h6,8,12,14H,4-5,7,9-11H2,1-3H3,(H,20,23)/t14-/m0/s1. The summed E-state index contributed by atoms with van der Waals surface area (Å²) >= 11 is 0. The van der Waals surface area contributed by atoms with Crippen molar-refractivity contribution in [1.29, 1.82) is 0 Å².